The zero-order valence-electron chi connectivity index (χ0n) is 11.8. The number of rotatable bonds is 4. The zero-order valence-corrected chi connectivity index (χ0v) is 11.8. The van der Waals surface area contributed by atoms with Gasteiger partial charge in [0.1, 0.15) is 12.4 Å². The van der Waals surface area contributed by atoms with Crippen LogP contribution in [0.25, 0.3) is 0 Å². The first-order chi connectivity index (χ1) is 9.01. The monoisotopic (exact) mass is 263 g/mol. The van der Waals surface area contributed by atoms with Gasteiger partial charge >= 0.3 is 0 Å². The third-order valence-corrected chi connectivity index (χ3v) is 3.05. The Hall–Kier alpha value is -1.55. The van der Waals surface area contributed by atoms with Gasteiger partial charge in [0.2, 0.25) is 0 Å². The van der Waals surface area contributed by atoms with Gasteiger partial charge in [0.05, 0.1) is 17.9 Å². The fourth-order valence-corrected chi connectivity index (χ4v) is 2.21. The van der Waals surface area contributed by atoms with Crippen LogP contribution in [0.1, 0.15) is 38.3 Å². The highest BCUT2D eigenvalue weighted by molar-refractivity contribution is 6.04. The van der Waals surface area contributed by atoms with Crippen LogP contribution in [-0.2, 0) is 11.2 Å². The summed E-state index contributed by atoms with van der Waals surface area (Å²) in [7, 11) is 0. The molecule has 0 radical (unpaired) electrons. The molecule has 4 nitrogen and oxygen atoms in total. The van der Waals surface area contributed by atoms with Gasteiger partial charge in [-0.25, -0.2) is 0 Å². The second-order valence-electron chi connectivity index (χ2n) is 5.64. The molecule has 2 rings (SSSR count). The molecule has 1 aliphatic carbocycles. The molecule has 0 amide bonds. The molecule has 4 heteroatoms. The van der Waals surface area contributed by atoms with E-state index in [4.69, 9.17) is 14.7 Å². The van der Waals surface area contributed by atoms with Crippen LogP contribution in [0, 0.1) is 0 Å². The second kappa shape index (κ2) is 5.61. The van der Waals surface area contributed by atoms with Crippen molar-refractivity contribution in [2.75, 3.05) is 13.2 Å². The molecule has 0 aromatic heterocycles. The summed E-state index contributed by atoms with van der Waals surface area (Å²) in [5, 5.41) is 12.3. The maximum atomic E-state index is 8.93. The van der Waals surface area contributed by atoms with E-state index in [2.05, 4.69) is 5.16 Å². The summed E-state index contributed by atoms with van der Waals surface area (Å²) in [5.74, 6) is 0.869. The minimum atomic E-state index is -0.140. The van der Waals surface area contributed by atoms with Crippen LogP contribution in [0.15, 0.2) is 23.4 Å². The molecule has 0 aliphatic heterocycles. The SMILES string of the molecule is CC(C)(C)OCCOc1cccc2c1CC/C2=N\O. The minimum Gasteiger partial charge on any atom is -0.491 e. The Morgan fingerprint density at radius 2 is 2.00 bits per heavy atom. The quantitative estimate of drug-likeness (QED) is 0.516. The first-order valence-electron chi connectivity index (χ1n) is 6.61. The Bertz CT molecular complexity index is 475. The van der Waals surface area contributed by atoms with E-state index in [0.717, 1.165) is 35.4 Å². The predicted octanol–water partition coefficient (Wildman–Crippen LogP) is 3.01. The number of benzene rings is 1. The lowest BCUT2D eigenvalue weighted by molar-refractivity contribution is -0.0163. The summed E-state index contributed by atoms with van der Waals surface area (Å²) in [6.07, 6.45) is 1.63. The zero-order chi connectivity index (χ0) is 13.9. The summed E-state index contributed by atoms with van der Waals surface area (Å²) >= 11 is 0. The van der Waals surface area contributed by atoms with E-state index < -0.39 is 0 Å². The van der Waals surface area contributed by atoms with Crippen molar-refractivity contribution in [3.63, 3.8) is 0 Å². The van der Waals surface area contributed by atoms with Crippen LogP contribution in [0.4, 0.5) is 0 Å². The molecule has 104 valence electrons. The van der Waals surface area contributed by atoms with E-state index in [1.807, 2.05) is 39.0 Å². The molecule has 0 heterocycles. The molecule has 19 heavy (non-hydrogen) atoms. The smallest absolute Gasteiger partial charge is 0.123 e. The summed E-state index contributed by atoms with van der Waals surface area (Å²) in [4.78, 5) is 0. The molecule has 0 atom stereocenters. The van der Waals surface area contributed by atoms with E-state index >= 15 is 0 Å². The maximum Gasteiger partial charge on any atom is 0.123 e. The van der Waals surface area contributed by atoms with Crippen molar-refractivity contribution >= 4 is 5.71 Å². The number of fused-ring (bicyclic) bond motifs is 1. The fraction of sp³-hybridized carbons (Fsp3) is 0.533. The molecule has 1 aromatic rings. The van der Waals surface area contributed by atoms with E-state index in [1.165, 1.54) is 0 Å². The van der Waals surface area contributed by atoms with Crippen molar-refractivity contribution in [3.8, 4) is 5.75 Å². The molecule has 1 N–H and O–H groups in total. The summed E-state index contributed by atoms with van der Waals surface area (Å²) in [6.45, 7) is 7.17. The van der Waals surface area contributed by atoms with Gasteiger partial charge in [0.15, 0.2) is 0 Å². The van der Waals surface area contributed by atoms with Gasteiger partial charge in [-0.05, 0) is 39.7 Å². The molecule has 0 bridgehead atoms. The minimum absolute atomic E-state index is 0.140. The van der Waals surface area contributed by atoms with Crippen molar-refractivity contribution in [1.29, 1.82) is 0 Å². The van der Waals surface area contributed by atoms with E-state index in [1.54, 1.807) is 0 Å². The standard InChI is InChI=1S/C15H21NO3/c1-15(2,3)19-10-9-18-14-6-4-5-11-12(14)7-8-13(11)16-17/h4-6,17H,7-10H2,1-3H3/b16-13+. The Morgan fingerprint density at radius 3 is 2.68 bits per heavy atom. The average molecular weight is 263 g/mol. The molecule has 1 aromatic carbocycles. The van der Waals surface area contributed by atoms with E-state index in [0.29, 0.717) is 13.2 Å². The van der Waals surface area contributed by atoms with Crippen molar-refractivity contribution in [2.24, 2.45) is 5.16 Å². The van der Waals surface area contributed by atoms with Crippen molar-refractivity contribution < 1.29 is 14.7 Å². The highest BCUT2D eigenvalue weighted by Gasteiger charge is 2.21. The summed E-state index contributed by atoms with van der Waals surface area (Å²) < 4.78 is 11.4. The molecule has 0 saturated carbocycles. The first kappa shape index (κ1) is 13.9. The van der Waals surface area contributed by atoms with Gasteiger partial charge in [0.25, 0.3) is 0 Å². The number of ether oxygens (including phenoxy) is 2. The number of nitrogens with zero attached hydrogens (tertiary/aromatic N) is 1. The number of oxime groups is 1. The topological polar surface area (TPSA) is 51.0 Å². The Kier molecular flexibility index (Phi) is 4.10. The molecule has 0 spiro atoms. The predicted molar refractivity (Wildman–Crippen MR) is 74.3 cm³/mol. The highest BCUT2D eigenvalue weighted by atomic mass is 16.5. The van der Waals surface area contributed by atoms with Crippen LogP contribution in [-0.4, -0.2) is 29.7 Å². The Balaban J connectivity index is 1.97. The van der Waals surface area contributed by atoms with Gasteiger partial charge in [-0.3, -0.25) is 0 Å². The van der Waals surface area contributed by atoms with Gasteiger partial charge in [-0.2, -0.15) is 0 Å². The van der Waals surface area contributed by atoms with Crippen LogP contribution in [0.2, 0.25) is 0 Å². The van der Waals surface area contributed by atoms with Crippen LogP contribution < -0.4 is 4.74 Å². The first-order valence-corrected chi connectivity index (χ1v) is 6.61. The highest BCUT2D eigenvalue weighted by Crippen LogP contribution is 2.30. The largest absolute Gasteiger partial charge is 0.491 e. The molecule has 0 fully saturated rings. The van der Waals surface area contributed by atoms with Crippen molar-refractivity contribution in [1.82, 2.24) is 0 Å². The average Bonchev–Trinajstić information content (AvgIpc) is 2.77. The van der Waals surface area contributed by atoms with Crippen LogP contribution in [0.3, 0.4) is 0 Å². The molecule has 1 aliphatic rings. The second-order valence-corrected chi connectivity index (χ2v) is 5.64. The van der Waals surface area contributed by atoms with Crippen molar-refractivity contribution in [3.05, 3.63) is 29.3 Å². The molecule has 0 saturated heterocycles. The molecular weight excluding hydrogens is 242 g/mol. The lowest BCUT2D eigenvalue weighted by atomic mass is 10.1. The fourth-order valence-electron chi connectivity index (χ4n) is 2.21. The van der Waals surface area contributed by atoms with Gasteiger partial charge in [-0.15, -0.1) is 0 Å². The van der Waals surface area contributed by atoms with Gasteiger partial charge in [-0.1, -0.05) is 17.3 Å². The van der Waals surface area contributed by atoms with Crippen LogP contribution >= 0.6 is 0 Å². The third kappa shape index (κ3) is 3.47. The van der Waals surface area contributed by atoms with Gasteiger partial charge < -0.3 is 14.7 Å². The van der Waals surface area contributed by atoms with Crippen LogP contribution in [0.5, 0.6) is 5.75 Å². The molecule has 0 unspecified atom stereocenters. The lowest BCUT2D eigenvalue weighted by Gasteiger charge is -2.19. The summed E-state index contributed by atoms with van der Waals surface area (Å²) in [6, 6.07) is 5.85. The van der Waals surface area contributed by atoms with Crippen molar-refractivity contribution in [2.45, 2.75) is 39.2 Å². The Morgan fingerprint density at radius 1 is 1.21 bits per heavy atom. The third-order valence-electron chi connectivity index (χ3n) is 3.05. The van der Waals surface area contributed by atoms with Gasteiger partial charge in [0, 0.05) is 11.1 Å². The van der Waals surface area contributed by atoms with E-state index in [-0.39, 0.29) is 5.60 Å². The normalized spacial score (nSPS) is 16.7. The molecular formula is C15H21NO3. The summed E-state index contributed by atoms with van der Waals surface area (Å²) in [5.41, 5.74) is 2.73. The van der Waals surface area contributed by atoms with E-state index in [9.17, 15) is 0 Å². The number of hydrogen-bond donors (Lipinski definition) is 1. The Labute approximate surface area is 114 Å². The lowest BCUT2D eigenvalue weighted by Crippen LogP contribution is -2.22. The number of hydrogen-bond acceptors (Lipinski definition) is 4. The maximum absolute atomic E-state index is 8.93.